The summed E-state index contributed by atoms with van der Waals surface area (Å²) >= 11 is 0. The number of hydrogen-bond acceptors (Lipinski definition) is 10. The maximum atomic E-state index is 13.3. The molecule has 0 saturated heterocycles. The van der Waals surface area contributed by atoms with Crippen LogP contribution in [0.5, 0.6) is 11.5 Å². The molecule has 0 bridgehead atoms. The second-order valence-corrected chi connectivity index (χ2v) is 10.2. The van der Waals surface area contributed by atoms with Gasteiger partial charge in [-0.25, -0.2) is 8.42 Å². The Hall–Kier alpha value is -5.43. The Balaban J connectivity index is 1.46. The van der Waals surface area contributed by atoms with Crippen molar-refractivity contribution in [2.45, 2.75) is 9.79 Å². The number of rotatable bonds is 6. The number of phenolic OH excluding ortho intramolecular Hbond substituents is 2. The Labute approximate surface area is 220 Å². The maximum absolute atomic E-state index is 13.3. The van der Waals surface area contributed by atoms with Gasteiger partial charge in [-0.05, 0) is 36.4 Å². The molecule has 2 N–H and O–H groups in total. The minimum absolute atomic E-state index is 0.00729. The number of nitro benzene ring substituents is 2. The SMILES string of the molecule is O=[N+]([O-])c1cccc(C=Nc2ccc3c(c2)S(=O)(=O)c2cc(N=Cc4cccc([N+](=O)[O-])c4O)ccc2-3)c1O. The van der Waals surface area contributed by atoms with Crippen LogP contribution in [0.3, 0.4) is 0 Å². The van der Waals surface area contributed by atoms with Crippen molar-refractivity contribution in [2.24, 2.45) is 9.98 Å². The first-order valence-corrected chi connectivity index (χ1v) is 12.6. The van der Waals surface area contributed by atoms with Crippen LogP contribution in [0.2, 0.25) is 0 Å². The molecule has 4 aromatic rings. The number of benzene rings is 4. The minimum atomic E-state index is -3.95. The zero-order valence-corrected chi connectivity index (χ0v) is 20.4. The number of aromatic hydroxyl groups is 2. The highest BCUT2D eigenvalue weighted by Crippen LogP contribution is 2.45. The van der Waals surface area contributed by atoms with Gasteiger partial charge in [-0.2, -0.15) is 0 Å². The Morgan fingerprint density at radius 1 is 0.667 bits per heavy atom. The van der Waals surface area contributed by atoms with Gasteiger partial charge in [0.05, 0.1) is 31.0 Å². The van der Waals surface area contributed by atoms with Gasteiger partial charge in [0.15, 0.2) is 0 Å². The molecular formula is C26H16N4O8S. The van der Waals surface area contributed by atoms with Crippen molar-refractivity contribution in [2.75, 3.05) is 0 Å². The van der Waals surface area contributed by atoms with Gasteiger partial charge < -0.3 is 10.2 Å². The van der Waals surface area contributed by atoms with Gasteiger partial charge >= 0.3 is 11.4 Å². The Bertz CT molecular complexity index is 1740. The molecule has 0 spiro atoms. The Kier molecular flexibility index (Phi) is 6.12. The summed E-state index contributed by atoms with van der Waals surface area (Å²) in [6.07, 6.45) is 2.41. The molecule has 4 aromatic carbocycles. The van der Waals surface area contributed by atoms with Crippen LogP contribution in [0.4, 0.5) is 22.7 Å². The van der Waals surface area contributed by atoms with Gasteiger partial charge in [-0.3, -0.25) is 30.2 Å². The van der Waals surface area contributed by atoms with Gasteiger partial charge in [0.2, 0.25) is 21.3 Å². The summed E-state index contributed by atoms with van der Waals surface area (Å²) in [4.78, 5) is 29.0. The van der Waals surface area contributed by atoms with Gasteiger partial charge in [-0.15, -0.1) is 0 Å². The molecule has 0 unspecified atom stereocenters. The number of aliphatic imine (C=N–C) groups is 2. The highest BCUT2D eigenvalue weighted by atomic mass is 32.2. The van der Waals surface area contributed by atoms with Gasteiger partial charge in [0.1, 0.15) is 0 Å². The van der Waals surface area contributed by atoms with Crippen LogP contribution in [0, 0.1) is 20.2 Å². The third-order valence-electron chi connectivity index (χ3n) is 5.99. The topological polar surface area (TPSA) is 186 Å². The lowest BCUT2D eigenvalue weighted by Gasteiger charge is -2.02. The molecule has 0 aromatic heterocycles. The fourth-order valence-corrected chi connectivity index (χ4v) is 5.80. The number of nitrogens with zero attached hydrogens (tertiary/aromatic N) is 4. The molecule has 0 saturated carbocycles. The molecule has 0 aliphatic carbocycles. The average molecular weight is 545 g/mol. The van der Waals surface area contributed by atoms with Crippen LogP contribution >= 0.6 is 0 Å². The van der Waals surface area contributed by atoms with Crippen molar-refractivity contribution in [3.8, 4) is 22.6 Å². The first-order chi connectivity index (χ1) is 18.6. The number of hydrogen-bond donors (Lipinski definition) is 2. The molecule has 1 aliphatic heterocycles. The van der Waals surface area contributed by atoms with E-state index < -0.39 is 42.6 Å². The van der Waals surface area contributed by atoms with Crippen molar-refractivity contribution < 1.29 is 28.5 Å². The molecule has 0 radical (unpaired) electrons. The van der Waals surface area contributed by atoms with E-state index >= 15 is 0 Å². The molecule has 0 fully saturated rings. The monoisotopic (exact) mass is 544 g/mol. The second-order valence-electron chi connectivity index (χ2n) is 8.32. The lowest BCUT2D eigenvalue weighted by atomic mass is 10.1. The molecule has 12 nitrogen and oxygen atoms in total. The van der Waals surface area contributed by atoms with E-state index in [2.05, 4.69) is 9.98 Å². The van der Waals surface area contributed by atoms with E-state index in [0.717, 1.165) is 12.1 Å². The summed E-state index contributed by atoms with van der Waals surface area (Å²) in [5.41, 5.74) is 0.616. The zero-order valence-electron chi connectivity index (χ0n) is 19.6. The van der Waals surface area contributed by atoms with Crippen LogP contribution in [-0.4, -0.2) is 40.9 Å². The lowest BCUT2D eigenvalue weighted by molar-refractivity contribution is -0.386. The number of para-hydroxylation sites is 2. The van der Waals surface area contributed by atoms with Crippen molar-refractivity contribution in [3.63, 3.8) is 0 Å². The summed E-state index contributed by atoms with van der Waals surface area (Å²) in [7, 11) is -3.95. The molecule has 13 heteroatoms. The lowest BCUT2D eigenvalue weighted by Crippen LogP contribution is -1.96. The predicted molar refractivity (Wildman–Crippen MR) is 141 cm³/mol. The number of fused-ring (bicyclic) bond motifs is 3. The third-order valence-corrected chi connectivity index (χ3v) is 7.82. The quantitative estimate of drug-likeness (QED) is 0.165. The van der Waals surface area contributed by atoms with E-state index in [1.807, 2.05) is 0 Å². The first-order valence-electron chi connectivity index (χ1n) is 11.1. The third kappa shape index (κ3) is 4.46. The van der Waals surface area contributed by atoms with E-state index in [4.69, 9.17) is 0 Å². The molecule has 39 heavy (non-hydrogen) atoms. The van der Waals surface area contributed by atoms with Crippen LogP contribution in [0.25, 0.3) is 11.1 Å². The van der Waals surface area contributed by atoms with Gasteiger partial charge in [0, 0.05) is 46.8 Å². The van der Waals surface area contributed by atoms with Crippen molar-refractivity contribution in [3.05, 3.63) is 104 Å². The largest absolute Gasteiger partial charge is 0.502 e. The van der Waals surface area contributed by atoms with E-state index in [1.165, 1.54) is 48.8 Å². The second kappa shape index (κ2) is 9.46. The number of sulfone groups is 1. The zero-order chi connectivity index (χ0) is 27.9. The molecular weight excluding hydrogens is 528 g/mol. The van der Waals surface area contributed by atoms with E-state index in [0.29, 0.717) is 11.1 Å². The normalized spacial score (nSPS) is 13.4. The highest BCUT2D eigenvalue weighted by Gasteiger charge is 2.33. The van der Waals surface area contributed by atoms with Gasteiger partial charge in [-0.1, -0.05) is 24.3 Å². The molecule has 0 atom stereocenters. The Morgan fingerprint density at radius 3 is 1.46 bits per heavy atom. The average Bonchev–Trinajstić information content (AvgIpc) is 3.13. The summed E-state index contributed by atoms with van der Waals surface area (Å²) in [6.45, 7) is 0. The standard InChI is InChI=1S/C26H16N4O8S/c31-25-15(3-1-5-21(25)29(33)34)13-27-17-7-9-19-20-10-8-18(12-24(20)39(37,38)23(19)11-17)28-14-16-4-2-6-22(26(16)32)30(35)36/h1-14,31-32H. The predicted octanol–water partition coefficient (Wildman–Crippen LogP) is 5.23. The molecule has 5 rings (SSSR count). The summed E-state index contributed by atoms with van der Waals surface area (Å²) in [6, 6.07) is 17.0. The number of phenols is 2. The van der Waals surface area contributed by atoms with Gasteiger partial charge in [0.25, 0.3) is 0 Å². The fraction of sp³-hybridized carbons (Fsp3) is 0. The van der Waals surface area contributed by atoms with E-state index in [-0.39, 0.29) is 32.3 Å². The smallest absolute Gasteiger partial charge is 0.311 e. The fourth-order valence-electron chi connectivity index (χ4n) is 4.08. The number of nitro groups is 2. The van der Waals surface area contributed by atoms with Crippen LogP contribution in [0.1, 0.15) is 11.1 Å². The van der Waals surface area contributed by atoms with Crippen molar-refractivity contribution in [1.82, 2.24) is 0 Å². The summed E-state index contributed by atoms with van der Waals surface area (Å²) in [5, 5.41) is 42.3. The molecule has 1 aliphatic rings. The highest BCUT2D eigenvalue weighted by molar-refractivity contribution is 7.92. The maximum Gasteiger partial charge on any atom is 0.311 e. The van der Waals surface area contributed by atoms with E-state index in [1.54, 1.807) is 24.3 Å². The summed E-state index contributed by atoms with van der Waals surface area (Å²) in [5.74, 6) is -1.11. The van der Waals surface area contributed by atoms with Crippen molar-refractivity contribution in [1.29, 1.82) is 0 Å². The summed E-state index contributed by atoms with van der Waals surface area (Å²) < 4.78 is 26.7. The van der Waals surface area contributed by atoms with E-state index in [9.17, 15) is 38.9 Å². The van der Waals surface area contributed by atoms with Crippen LogP contribution < -0.4 is 0 Å². The molecule has 0 amide bonds. The van der Waals surface area contributed by atoms with Crippen LogP contribution in [-0.2, 0) is 9.84 Å². The van der Waals surface area contributed by atoms with Crippen molar-refractivity contribution >= 4 is 45.0 Å². The molecule has 1 heterocycles. The molecule has 194 valence electrons. The first kappa shape index (κ1) is 25.2. The van der Waals surface area contributed by atoms with Crippen LogP contribution in [0.15, 0.2) is 92.6 Å². The minimum Gasteiger partial charge on any atom is -0.502 e. The Morgan fingerprint density at radius 2 is 1.08 bits per heavy atom.